The van der Waals surface area contributed by atoms with E-state index in [-0.39, 0.29) is 17.8 Å². The molecule has 8 heteroatoms. The molecule has 0 radical (unpaired) electrons. The minimum Gasteiger partial charge on any atom is -0.466 e. The first-order valence-electron chi connectivity index (χ1n) is 10.1. The van der Waals surface area contributed by atoms with Crippen LogP contribution in [0.1, 0.15) is 36.5 Å². The maximum Gasteiger partial charge on any atom is 0.439 e. The molecule has 8 nitrogen and oxygen atoms in total. The summed E-state index contributed by atoms with van der Waals surface area (Å²) in [7, 11) is 0. The number of hydrogen-bond donors (Lipinski definition) is 2. The van der Waals surface area contributed by atoms with Crippen molar-refractivity contribution in [3.63, 3.8) is 0 Å². The number of benzene rings is 2. The van der Waals surface area contributed by atoms with E-state index in [1.807, 2.05) is 54.6 Å². The Morgan fingerprint density at radius 2 is 1.77 bits per heavy atom. The van der Waals surface area contributed by atoms with Gasteiger partial charge in [0.05, 0.1) is 12.5 Å². The standard InChI is InChI=1S/C23H25N3O5/c1-3-30-22(28)15(2)13-19(24-21(27)20-25-23(29)31-26-20)14-16-9-11-18(12-10-16)17-7-5-4-6-8-17/h4-12,15,19H,3,13-14H2,1-2H3,(H,24,27)(H,25,26,29)/t15-,19+/m1/s1. The molecule has 3 aromatic rings. The lowest BCUT2D eigenvalue weighted by atomic mass is 9.95. The number of nitrogens with zero attached hydrogens (tertiary/aromatic N) is 1. The van der Waals surface area contributed by atoms with Crippen molar-refractivity contribution in [3.05, 3.63) is 76.5 Å². The van der Waals surface area contributed by atoms with Crippen LogP contribution in [-0.4, -0.2) is 34.7 Å². The highest BCUT2D eigenvalue weighted by molar-refractivity contribution is 5.90. The molecule has 3 rings (SSSR count). The Bertz CT molecular complexity index is 1060. The highest BCUT2D eigenvalue weighted by Gasteiger charge is 2.23. The maximum atomic E-state index is 12.5. The van der Waals surface area contributed by atoms with Gasteiger partial charge in [-0.3, -0.25) is 19.1 Å². The molecule has 0 fully saturated rings. The lowest BCUT2D eigenvalue weighted by molar-refractivity contribution is -0.147. The summed E-state index contributed by atoms with van der Waals surface area (Å²) in [4.78, 5) is 37.9. The van der Waals surface area contributed by atoms with E-state index in [2.05, 4.69) is 20.0 Å². The van der Waals surface area contributed by atoms with Crippen LogP contribution in [0.2, 0.25) is 0 Å². The second-order valence-electron chi connectivity index (χ2n) is 7.27. The summed E-state index contributed by atoms with van der Waals surface area (Å²) in [6.07, 6.45) is 0.861. The van der Waals surface area contributed by atoms with Crippen molar-refractivity contribution in [2.24, 2.45) is 5.92 Å². The lowest BCUT2D eigenvalue weighted by Gasteiger charge is -2.21. The summed E-state index contributed by atoms with van der Waals surface area (Å²) in [5.41, 5.74) is 3.20. The minimum absolute atomic E-state index is 0.210. The molecule has 2 atom stereocenters. The predicted octanol–water partition coefficient (Wildman–Crippen LogP) is 2.96. The zero-order chi connectivity index (χ0) is 22.2. The Labute approximate surface area is 179 Å². The molecule has 0 saturated heterocycles. The van der Waals surface area contributed by atoms with Gasteiger partial charge in [0.1, 0.15) is 0 Å². The number of aromatic amines is 1. The number of aromatic nitrogens is 2. The molecule has 0 bridgehead atoms. The fraction of sp³-hybridized carbons (Fsp3) is 0.304. The third-order valence-corrected chi connectivity index (χ3v) is 4.86. The quantitative estimate of drug-likeness (QED) is 0.512. The average molecular weight is 423 g/mol. The molecule has 2 aromatic carbocycles. The van der Waals surface area contributed by atoms with Gasteiger partial charge >= 0.3 is 11.7 Å². The van der Waals surface area contributed by atoms with Gasteiger partial charge in [-0.1, -0.05) is 61.5 Å². The van der Waals surface area contributed by atoms with Crippen LogP contribution in [-0.2, 0) is 16.0 Å². The number of rotatable bonds is 9. The SMILES string of the molecule is CCOC(=O)[C@H](C)C[C@@H](Cc1ccc(-c2ccccc2)cc1)NC(=O)c1noc(=O)[nH]1. The monoisotopic (exact) mass is 423 g/mol. The zero-order valence-electron chi connectivity index (χ0n) is 17.5. The van der Waals surface area contributed by atoms with E-state index in [1.54, 1.807) is 13.8 Å². The fourth-order valence-corrected chi connectivity index (χ4v) is 3.33. The maximum absolute atomic E-state index is 12.5. The van der Waals surface area contributed by atoms with Crippen molar-refractivity contribution in [2.45, 2.75) is 32.7 Å². The Morgan fingerprint density at radius 1 is 1.10 bits per heavy atom. The van der Waals surface area contributed by atoms with Gasteiger partial charge in [0, 0.05) is 6.04 Å². The normalized spacial score (nSPS) is 12.7. The zero-order valence-corrected chi connectivity index (χ0v) is 17.5. The number of amides is 1. The van der Waals surface area contributed by atoms with E-state index in [4.69, 9.17) is 4.74 Å². The van der Waals surface area contributed by atoms with Gasteiger partial charge in [-0.2, -0.15) is 0 Å². The van der Waals surface area contributed by atoms with Crippen molar-refractivity contribution in [3.8, 4) is 11.1 Å². The molecule has 0 aliphatic carbocycles. The molecule has 0 aliphatic rings. The van der Waals surface area contributed by atoms with Gasteiger partial charge in [-0.15, -0.1) is 0 Å². The van der Waals surface area contributed by atoms with Gasteiger partial charge in [0.2, 0.25) is 5.82 Å². The first kappa shape index (κ1) is 22.0. The van der Waals surface area contributed by atoms with Gasteiger partial charge in [0.25, 0.3) is 5.91 Å². The van der Waals surface area contributed by atoms with Gasteiger partial charge in [-0.05, 0) is 41.6 Å². The third-order valence-electron chi connectivity index (χ3n) is 4.86. The first-order chi connectivity index (χ1) is 15.0. The van der Waals surface area contributed by atoms with Gasteiger partial charge in [0.15, 0.2) is 0 Å². The summed E-state index contributed by atoms with van der Waals surface area (Å²) in [5.74, 6) is -2.33. The largest absolute Gasteiger partial charge is 0.466 e. The van der Waals surface area contributed by atoms with Crippen LogP contribution in [0, 0.1) is 5.92 Å². The summed E-state index contributed by atoms with van der Waals surface area (Å²) in [6, 6.07) is 17.7. The van der Waals surface area contributed by atoms with E-state index in [0.29, 0.717) is 19.4 Å². The number of H-pyrrole nitrogens is 1. The van der Waals surface area contributed by atoms with Crippen LogP contribution in [0.4, 0.5) is 0 Å². The summed E-state index contributed by atoms with van der Waals surface area (Å²) >= 11 is 0. The molecule has 31 heavy (non-hydrogen) atoms. The van der Waals surface area contributed by atoms with Crippen LogP contribution in [0.25, 0.3) is 11.1 Å². The van der Waals surface area contributed by atoms with Gasteiger partial charge in [-0.25, -0.2) is 4.79 Å². The van der Waals surface area contributed by atoms with Crippen molar-refractivity contribution in [2.75, 3.05) is 6.61 Å². The smallest absolute Gasteiger partial charge is 0.439 e. The second-order valence-corrected chi connectivity index (χ2v) is 7.27. The molecule has 2 N–H and O–H groups in total. The highest BCUT2D eigenvalue weighted by atomic mass is 16.5. The molecule has 1 aromatic heterocycles. The predicted molar refractivity (Wildman–Crippen MR) is 114 cm³/mol. The second kappa shape index (κ2) is 10.4. The van der Waals surface area contributed by atoms with Gasteiger partial charge < -0.3 is 10.1 Å². The number of ether oxygens (including phenoxy) is 1. The van der Waals surface area contributed by atoms with E-state index < -0.39 is 17.6 Å². The van der Waals surface area contributed by atoms with Crippen LogP contribution < -0.4 is 11.1 Å². The number of nitrogens with one attached hydrogen (secondary N) is 2. The van der Waals surface area contributed by atoms with E-state index in [1.165, 1.54) is 0 Å². The average Bonchev–Trinajstić information content (AvgIpc) is 3.21. The summed E-state index contributed by atoms with van der Waals surface area (Å²) in [5, 5.41) is 6.25. The Hall–Kier alpha value is -3.68. The molecule has 0 spiro atoms. The van der Waals surface area contributed by atoms with Crippen LogP contribution in [0.5, 0.6) is 0 Å². The number of carbonyl (C=O) groups is 2. The van der Waals surface area contributed by atoms with Crippen LogP contribution in [0.3, 0.4) is 0 Å². The third kappa shape index (κ3) is 6.15. The Balaban J connectivity index is 1.74. The first-order valence-corrected chi connectivity index (χ1v) is 10.1. The molecule has 162 valence electrons. The Kier molecular flexibility index (Phi) is 7.37. The van der Waals surface area contributed by atoms with Crippen molar-refractivity contribution in [1.82, 2.24) is 15.5 Å². The molecule has 1 heterocycles. The summed E-state index contributed by atoms with van der Waals surface area (Å²) in [6.45, 7) is 3.80. The van der Waals surface area contributed by atoms with E-state index >= 15 is 0 Å². The van der Waals surface area contributed by atoms with E-state index in [0.717, 1.165) is 16.7 Å². The number of carbonyl (C=O) groups excluding carboxylic acids is 2. The van der Waals surface area contributed by atoms with Crippen molar-refractivity contribution >= 4 is 11.9 Å². The number of hydrogen-bond acceptors (Lipinski definition) is 6. The molecular weight excluding hydrogens is 398 g/mol. The topological polar surface area (TPSA) is 114 Å². The Morgan fingerprint density at radius 3 is 2.39 bits per heavy atom. The van der Waals surface area contributed by atoms with Crippen LogP contribution in [0.15, 0.2) is 63.9 Å². The van der Waals surface area contributed by atoms with E-state index in [9.17, 15) is 14.4 Å². The summed E-state index contributed by atoms with van der Waals surface area (Å²) < 4.78 is 9.48. The van der Waals surface area contributed by atoms with Crippen LogP contribution >= 0.6 is 0 Å². The fourth-order valence-electron chi connectivity index (χ4n) is 3.33. The van der Waals surface area contributed by atoms with Crippen molar-refractivity contribution < 1.29 is 18.8 Å². The molecular formula is C23H25N3O5. The lowest BCUT2D eigenvalue weighted by Crippen LogP contribution is -2.39. The molecule has 0 aliphatic heterocycles. The highest BCUT2D eigenvalue weighted by Crippen LogP contribution is 2.21. The molecule has 1 amide bonds. The minimum atomic E-state index is -0.807. The molecule has 0 unspecified atom stereocenters. The van der Waals surface area contributed by atoms with Crippen molar-refractivity contribution in [1.29, 1.82) is 0 Å². The molecule has 0 saturated carbocycles. The number of esters is 1.